The summed E-state index contributed by atoms with van der Waals surface area (Å²) in [6.07, 6.45) is 0. The van der Waals surface area contributed by atoms with E-state index in [0.717, 1.165) is 14.4 Å². The Labute approximate surface area is 106 Å². The first-order valence-electron chi connectivity index (χ1n) is 4.65. The molecule has 0 spiro atoms. The van der Waals surface area contributed by atoms with E-state index in [-0.39, 0.29) is 0 Å². The van der Waals surface area contributed by atoms with E-state index in [0.29, 0.717) is 5.84 Å². The number of para-hydroxylation sites is 1. The van der Waals surface area contributed by atoms with Gasteiger partial charge in [-0.2, -0.15) is 0 Å². The van der Waals surface area contributed by atoms with Gasteiger partial charge in [0.05, 0.1) is 14.4 Å². The average Bonchev–Trinajstić information content (AvgIpc) is 2.74. The Morgan fingerprint density at radius 3 is 2.50 bits per heavy atom. The van der Waals surface area contributed by atoms with Crippen LogP contribution in [0.15, 0.2) is 51.2 Å². The predicted octanol–water partition coefficient (Wildman–Crippen LogP) is 3.05. The number of benzene rings is 1. The first-order valence-corrected chi connectivity index (χ1v) is 6.26. The first-order chi connectivity index (χ1) is 7.79. The highest BCUT2D eigenvalue weighted by atomic mass is 79.9. The van der Waals surface area contributed by atoms with Crippen molar-refractivity contribution < 1.29 is 0 Å². The standard InChI is InChI=1S/C11H10BrN3S/c12-10-7-6-9(16-10)11(15-13)14-8-4-2-1-3-5-8/h1-7H,13H2,(H,14,15). The van der Waals surface area contributed by atoms with Crippen molar-refractivity contribution >= 4 is 38.8 Å². The Balaban J connectivity index is 2.33. The average molecular weight is 296 g/mol. The molecule has 5 heteroatoms. The second-order valence-corrected chi connectivity index (χ2v) is 5.51. The molecule has 0 aliphatic rings. The highest BCUT2D eigenvalue weighted by Gasteiger charge is 2.04. The summed E-state index contributed by atoms with van der Waals surface area (Å²) in [6.45, 7) is 0. The second-order valence-electron chi connectivity index (χ2n) is 3.04. The number of thiophene rings is 1. The van der Waals surface area contributed by atoms with Crippen molar-refractivity contribution in [2.24, 2.45) is 10.8 Å². The summed E-state index contributed by atoms with van der Waals surface area (Å²) < 4.78 is 1.05. The van der Waals surface area contributed by atoms with Crippen molar-refractivity contribution in [3.63, 3.8) is 0 Å². The number of hydrazine groups is 1. The summed E-state index contributed by atoms with van der Waals surface area (Å²) in [5.74, 6) is 6.14. The van der Waals surface area contributed by atoms with Gasteiger partial charge in [0.2, 0.25) is 0 Å². The molecule has 1 heterocycles. The fourth-order valence-corrected chi connectivity index (χ4v) is 2.57. The van der Waals surface area contributed by atoms with E-state index in [4.69, 9.17) is 5.84 Å². The molecule has 0 fully saturated rings. The highest BCUT2D eigenvalue weighted by molar-refractivity contribution is 9.11. The molecule has 0 bridgehead atoms. The van der Waals surface area contributed by atoms with Crippen LogP contribution >= 0.6 is 27.3 Å². The molecular formula is C11H10BrN3S. The second kappa shape index (κ2) is 5.25. The molecule has 2 rings (SSSR count). The quantitative estimate of drug-likeness (QED) is 0.387. The molecule has 0 aliphatic carbocycles. The van der Waals surface area contributed by atoms with Crippen molar-refractivity contribution in [2.45, 2.75) is 0 Å². The van der Waals surface area contributed by atoms with E-state index in [2.05, 4.69) is 26.3 Å². The molecule has 0 saturated carbocycles. The van der Waals surface area contributed by atoms with Gasteiger partial charge in [0.1, 0.15) is 0 Å². The number of aliphatic imine (C=N–C) groups is 1. The van der Waals surface area contributed by atoms with Gasteiger partial charge in [-0.25, -0.2) is 10.8 Å². The van der Waals surface area contributed by atoms with Gasteiger partial charge >= 0.3 is 0 Å². The van der Waals surface area contributed by atoms with E-state index in [9.17, 15) is 0 Å². The normalized spacial score (nSPS) is 11.5. The van der Waals surface area contributed by atoms with Gasteiger partial charge in [0.25, 0.3) is 0 Å². The third-order valence-corrected chi connectivity index (χ3v) is 3.57. The third-order valence-electron chi connectivity index (χ3n) is 1.94. The van der Waals surface area contributed by atoms with Crippen LogP contribution in [0.4, 0.5) is 5.69 Å². The van der Waals surface area contributed by atoms with Crippen LogP contribution in [0, 0.1) is 0 Å². The Morgan fingerprint density at radius 1 is 1.19 bits per heavy atom. The van der Waals surface area contributed by atoms with Crippen molar-refractivity contribution in [3.8, 4) is 0 Å². The Kier molecular flexibility index (Phi) is 3.71. The van der Waals surface area contributed by atoms with Gasteiger partial charge in [-0.15, -0.1) is 11.3 Å². The smallest absolute Gasteiger partial charge is 0.158 e. The minimum atomic E-state index is 0.668. The maximum atomic E-state index is 5.47. The summed E-state index contributed by atoms with van der Waals surface area (Å²) in [7, 11) is 0. The fraction of sp³-hybridized carbons (Fsp3) is 0. The Bertz CT molecular complexity index is 493. The third kappa shape index (κ3) is 2.69. The molecule has 16 heavy (non-hydrogen) atoms. The predicted molar refractivity (Wildman–Crippen MR) is 72.0 cm³/mol. The topological polar surface area (TPSA) is 50.4 Å². The minimum absolute atomic E-state index is 0.668. The van der Waals surface area contributed by atoms with Crippen molar-refractivity contribution in [1.29, 1.82) is 0 Å². The molecule has 1 aromatic carbocycles. The van der Waals surface area contributed by atoms with Crippen LogP contribution in [-0.2, 0) is 0 Å². The van der Waals surface area contributed by atoms with Crippen molar-refractivity contribution in [1.82, 2.24) is 5.43 Å². The molecule has 3 nitrogen and oxygen atoms in total. The van der Waals surface area contributed by atoms with Crippen LogP contribution in [0.3, 0.4) is 0 Å². The maximum Gasteiger partial charge on any atom is 0.158 e. The fourth-order valence-electron chi connectivity index (χ4n) is 1.23. The van der Waals surface area contributed by atoms with E-state index >= 15 is 0 Å². The Morgan fingerprint density at radius 2 is 1.94 bits per heavy atom. The van der Waals surface area contributed by atoms with Crippen molar-refractivity contribution in [3.05, 3.63) is 51.1 Å². The summed E-state index contributed by atoms with van der Waals surface area (Å²) in [5.41, 5.74) is 3.49. The van der Waals surface area contributed by atoms with Crippen LogP contribution in [0.5, 0.6) is 0 Å². The molecule has 0 atom stereocenters. The zero-order chi connectivity index (χ0) is 11.4. The number of nitrogens with one attached hydrogen (secondary N) is 1. The van der Waals surface area contributed by atoms with Gasteiger partial charge in [0.15, 0.2) is 5.84 Å². The first kappa shape index (κ1) is 11.3. The maximum absolute atomic E-state index is 5.47. The molecule has 82 valence electrons. The number of hydrogen-bond acceptors (Lipinski definition) is 3. The molecular weight excluding hydrogens is 286 g/mol. The largest absolute Gasteiger partial charge is 0.307 e. The Hall–Kier alpha value is -1.17. The van der Waals surface area contributed by atoms with E-state index in [1.54, 1.807) is 11.3 Å². The molecule has 1 aromatic heterocycles. The highest BCUT2D eigenvalue weighted by Crippen LogP contribution is 2.23. The number of rotatable bonds is 2. The molecule has 0 unspecified atom stereocenters. The zero-order valence-electron chi connectivity index (χ0n) is 8.35. The van der Waals surface area contributed by atoms with Gasteiger partial charge in [-0.1, -0.05) is 18.2 Å². The SMILES string of the molecule is NNC(=Nc1ccccc1)c1ccc(Br)s1. The van der Waals surface area contributed by atoms with Gasteiger partial charge in [0, 0.05) is 0 Å². The lowest BCUT2D eigenvalue weighted by Crippen LogP contribution is -2.30. The molecule has 0 radical (unpaired) electrons. The van der Waals surface area contributed by atoms with Gasteiger partial charge in [-0.05, 0) is 40.2 Å². The minimum Gasteiger partial charge on any atom is -0.307 e. The van der Waals surface area contributed by atoms with Crippen LogP contribution in [0.25, 0.3) is 0 Å². The van der Waals surface area contributed by atoms with Crippen LogP contribution in [0.1, 0.15) is 4.88 Å². The summed E-state index contributed by atoms with van der Waals surface area (Å²) >= 11 is 4.99. The van der Waals surface area contributed by atoms with Crippen molar-refractivity contribution in [2.75, 3.05) is 0 Å². The van der Waals surface area contributed by atoms with E-state index in [1.165, 1.54) is 0 Å². The lowest BCUT2D eigenvalue weighted by atomic mass is 10.3. The summed E-state index contributed by atoms with van der Waals surface area (Å²) in [4.78, 5) is 5.43. The van der Waals surface area contributed by atoms with Crippen LogP contribution in [0.2, 0.25) is 0 Å². The molecule has 0 saturated heterocycles. The molecule has 2 aromatic rings. The number of halogens is 1. The number of amidine groups is 1. The number of hydrogen-bond donors (Lipinski definition) is 2. The van der Waals surface area contributed by atoms with Gasteiger partial charge in [-0.3, -0.25) is 0 Å². The summed E-state index contributed by atoms with van der Waals surface area (Å²) in [5, 5.41) is 0. The molecule has 0 aliphatic heterocycles. The monoisotopic (exact) mass is 295 g/mol. The van der Waals surface area contributed by atoms with E-state index in [1.807, 2.05) is 42.5 Å². The molecule has 3 N–H and O–H groups in total. The van der Waals surface area contributed by atoms with Crippen LogP contribution < -0.4 is 11.3 Å². The zero-order valence-corrected chi connectivity index (χ0v) is 10.8. The van der Waals surface area contributed by atoms with Crippen LogP contribution in [-0.4, -0.2) is 5.84 Å². The number of nitrogens with two attached hydrogens (primary N) is 1. The van der Waals surface area contributed by atoms with E-state index < -0.39 is 0 Å². The number of nitrogens with zero attached hydrogens (tertiary/aromatic N) is 1. The van der Waals surface area contributed by atoms with Gasteiger partial charge < -0.3 is 5.43 Å². The summed E-state index contributed by atoms with van der Waals surface area (Å²) in [6, 6.07) is 13.6. The lowest BCUT2D eigenvalue weighted by molar-refractivity contribution is 1.03. The molecule has 0 amide bonds. The lowest BCUT2D eigenvalue weighted by Gasteiger charge is -2.02.